The third kappa shape index (κ3) is 3.48. The van der Waals surface area contributed by atoms with Gasteiger partial charge >= 0.3 is 0 Å². The average Bonchev–Trinajstić information content (AvgIpc) is 2.25. The Morgan fingerprint density at radius 3 is 1.89 bits per heavy atom. The number of hydrogen-bond donors (Lipinski definition) is 0. The maximum absolute atomic E-state index is 6.47. The van der Waals surface area contributed by atoms with Gasteiger partial charge in [0.2, 0.25) is 0 Å². The highest BCUT2D eigenvalue weighted by atomic mass is 28.4. The Hall–Kier alpha value is -1.02. The summed E-state index contributed by atoms with van der Waals surface area (Å²) in [5, 5.41) is 0.225. The highest BCUT2D eigenvalue weighted by Gasteiger charge is 2.39. The van der Waals surface area contributed by atoms with Gasteiger partial charge in [-0.25, -0.2) is 0 Å². The molecule has 0 radical (unpaired) electrons. The van der Waals surface area contributed by atoms with Gasteiger partial charge in [-0.3, -0.25) is 0 Å². The molecule has 1 nitrogen and oxygen atoms in total. The molecule has 0 saturated carbocycles. The zero-order valence-corrected chi connectivity index (χ0v) is 13.8. The predicted molar refractivity (Wildman–Crippen MR) is 83.0 cm³/mol. The molecule has 0 bridgehead atoms. The molecular formula is C16H26OSi. The van der Waals surface area contributed by atoms with Crippen LogP contribution < -0.4 is 0 Å². The van der Waals surface area contributed by atoms with Crippen LogP contribution in [0.2, 0.25) is 18.1 Å². The molecule has 0 amide bonds. The molecule has 0 saturated heterocycles. The van der Waals surface area contributed by atoms with E-state index in [1.807, 2.05) is 6.07 Å². The van der Waals surface area contributed by atoms with E-state index in [4.69, 9.17) is 4.43 Å². The fourth-order valence-corrected chi connectivity index (χ4v) is 2.59. The Balaban J connectivity index is 3.10. The summed E-state index contributed by atoms with van der Waals surface area (Å²) in [6.07, 6.45) is 0. The van der Waals surface area contributed by atoms with Crippen LogP contribution in [0, 0.1) is 0 Å². The second kappa shape index (κ2) is 5.31. The number of hydrogen-bond acceptors (Lipinski definition) is 1. The van der Waals surface area contributed by atoms with E-state index < -0.39 is 8.32 Å². The molecule has 1 rings (SSSR count). The predicted octanol–water partition coefficient (Wildman–Crippen LogP) is 5.46. The minimum Gasteiger partial charge on any atom is -0.543 e. The van der Waals surface area contributed by atoms with Gasteiger partial charge in [0.15, 0.2) is 0 Å². The van der Waals surface area contributed by atoms with E-state index in [1.165, 1.54) is 11.1 Å². The Labute approximate surface area is 113 Å². The second-order valence-electron chi connectivity index (χ2n) is 6.56. The van der Waals surface area contributed by atoms with Gasteiger partial charge in [0.25, 0.3) is 8.32 Å². The van der Waals surface area contributed by atoms with Crippen LogP contribution in [0.1, 0.15) is 40.2 Å². The summed E-state index contributed by atoms with van der Waals surface area (Å²) in [5.41, 5.74) is 2.42. The smallest absolute Gasteiger partial charge is 0.250 e. The number of allylic oxidation sites excluding steroid dienone is 1. The van der Waals surface area contributed by atoms with E-state index >= 15 is 0 Å². The van der Waals surface area contributed by atoms with Gasteiger partial charge in [-0.05, 0) is 37.6 Å². The molecule has 0 unspecified atom stereocenters. The lowest BCUT2D eigenvalue weighted by atomic mass is 10.1. The first-order chi connectivity index (χ1) is 8.15. The second-order valence-corrected chi connectivity index (χ2v) is 11.3. The first-order valence-electron chi connectivity index (χ1n) is 6.57. The first-order valence-corrected chi connectivity index (χ1v) is 9.48. The minimum atomic E-state index is -1.77. The standard InChI is InChI=1S/C16H26OSi/c1-13(2)15(14-11-9-8-10-12-14)17-18(6,7)16(3,4)5/h8-12H,1-7H3. The molecular weight excluding hydrogens is 236 g/mol. The van der Waals surface area contributed by atoms with E-state index in [-0.39, 0.29) is 5.04 Å². The Morgan fingerprint density at radius 2 is 1.50 bits per heavy atom. The molecule has 2 heteroatoms. The molecule has 0 aliphatic carbocycles. The Bertz CT molecular complexity index is 420. The van der Waals surface area contributed by atoms with Crippen molar-refractivity contribution in [3.63, 3.8) is 0 Å². The van der Waals surface area contributed by atoms with Gasteiger partial charge in [-0.1, -0.05) is 51.1 Å². The Morgan fingerprint density at radius 1 is 1.00 bits per heavy atom. The molecule has 0 atom stereocenters. The summed E-state index contributed by atoms with van der Waals surface area (Å²) in [7, 11) is -1.77. The van der Waals surface area contributed by atoms with Gasteiger partial charge < -0.3 is 4.43 Å². The third-order valence-electron chi connectivity index (χ3n) is 3.65. The van der Waals surface area contributed by atoms with Crippen LogP contribution in [0.15, 0.2) is 35.9 Å². The first kappa shape index (κ1) is 15.0. The largest absolute Gasteiger partial charge is 0.543 e. The minimum absolute atomic E-state index is 0.225. The van der Waals surface area contributed by atoms with Crippen LogP contribution in [0.3, 0.4) is 0 Å². The lowest BCUT2D eigenvalue weighted by Gasteiger charge is -2.37. The van der Waals surface area contributed by atoms with Crippen LogP contribution in [0.4, 0.5) is 0 Å². The third-order valence-corrected chi connectivity index (χ3v) is 7.98. The van der Waals surface area contributed by atoms with E-state index in [0.717, 1.165) is 5.76 Å². The van der Waals surface area contributed by atoms with Crippen LogP contribution >= 0.6 is 0 Å². The lowest BCUT2D eigenvalue weighted by Crippen LogP contribution is -2.40. The van der Waals surface area contributed by atoms with Crippen molar-refractivity contribution in [2.75, 3.05) is 0 Å². The highest BCUT2D eigenvalue weighted by molar-refractivity contribution is 6.74. The van der Waals surface area contributed by atoms with Crippen molar-refractivity contribution in [1.29, 1.82) is 0 Å². The van der Waals surface area contributed by atoms with Crippen molar-refractivity contribution < 1.29 is 4.43 Å². The van der Waals surface area contributed by atoms with E-state index in [1.54, 1.807) is 0 Å². The van der Waals surface area contributed by atoms with E-state index in [9.17, 15) is 0 Å². The van der Waals surface area contributed by atoms with Crippen LogP contribution in [-0.2, 0) is 4.43 Å². The summed E-state index contributed by atoms with van der Waals surface area (Å²) in [6, 6.07) is 10.4. The quantitative estimate of drug-likeness (QED) is 0.519. The van der Waals surface area contributed by atoms with Crippen LogP contribution in [0.5, 0.6) is 0 Å². The fraction of sp³-hybridized carbons (Fsp3) is 0.500. The van der Waals surface area contributed by atoms with Crippen LogP contribution in [0.25, 0.3) is 5.76 Å². The van der Waals surface area contributed by atoms with Gasteiger partial charge in [-0.2, -0.15) is 0 Å². The lowest BCUT2D eigenvalue weighted by molar-refractivity contribution is 0.454. The van der Waals surface area contributed by atoms with Crippen LogP contribution in [-0.4, -0.2) is 8.32 Å². The zero-order chi connectivity index (χ0) is 14.0. The highest BCUT2D eigenvalue weighted by Crippen LogP contribution is 2.40. The normalized spacial score (nSPS) is 12.2. The molecule has 0 spiro atoms. The summed E-state index contributed by atoms with van der Waals surface area (Å²) in [4.78, 5) is 0. The van der Waals surface area contributed by atoms with Gasteiger partial charge in [0, 0.05) is 5.56 Å². The van der Waals surface area contributed by atoms with Crippen molar-refractivity contribution in [2.45, 2.75) is 52.8 Å². The molecule has 0 N–H and O–H groups in total. The van der Waals surface area contributed by atoms with Crippen molar-refractivity contribution in [1.82, 2.24) is 0 Å². The van der Waals surface area contributed by atoms with Gasteiger partial charge in [-0.15, -0.1) is 0 Å². The molecule has 18 heavy (non-hydrogen) atoms. The van der Waals surface area contributed by atoms with Gasteiger partial charge in [0.05, 0.1) is 0 Å². The monoisotopic (exact) mass is 262 g/mol. The SMILES string of the molecule is CC(C)=C(O[Si](C)(C)C(C)(C)C)c1ccccc1. The molecule has 0 aliphatic heterocycles. The molecule has 100 valence electrons. The maximum Gasteiger partial charge on any atom is 0.250 e. The van der Waals surface area contributed by atoms with Crippen molar-refractivity contribution in [2.24, 2.45) is 0 Å². The summed E-state index contributed by atoms with van der Waals surface area (Å²) < 4.78 is 6.47. The van der Waals surface area contributed by atoms with Gasteiger partial charge in [0.1, 0.15) is 5.76 Å². The molecule has 0 aliphatic rings. The molecule has 0 fully saturated rings. The zero-order valence-electron chi connectivity index (χ0n) is 12.8. The maximum atomic E-state index is 6.47. The van der Waals surface area contributed by atoms with E-state index in [2.05, 4.69) is 72.0 Å². The summed E-state index contributed by atoms with van der Waals surface area (Å²) in [6.45, 7) is 15.6. The number of benzene rings is 1. The fourth-order valence-electron chi connectivity index (χ4n) is 1.45. The average molecular weight is 262 g/mol. The van der Waals surface area contributed by atoms with Crippen molar-refractivity contribution in [3.05, 3.63) is 41.5 Å². The molecule has 1 aromatic carbocycles. The summed E-state index contributed by atoms with van der Waals surface area (Å²) >= 11 is 0. The van der Waals surface area contributed by atoms with Crippen molar-refractivity contribution >= 4 is 14.1 Å². The number of rotatable bonds is 3. The Kier molecular flexibility index (Phi) is 4.44. The topological polar surface area (TPSA) is 9.23 Å². The molecule has 1 aromatic rings. The molecule has 0 aromatic heterocycles. The molecule has 0 heterocycles. The van der Waals surface area contributed by atoms with E-state index in [0.29, 0.717) is 0 Å². The summed E-state index contributed by atoms with van der Waals surface area (Å²) in [5.74, 6) is 1.06. The van der Waals surface area contributed by atoms with Crippen molar-refractivity contribution in [3.8, 4) is 0 Å².